The van der Waals surface area contributed by atoms with Crippen LogP contribution < -0.4 is 0 Å². The third kappa shape index (κ3) is 3.98. The number of hydrogen-bond acceptors (Lipinski definition) is 2. The van der Waals surface area contributed by atoms with Crippen molar-refractivity contribution in [2.75, 3.05) is 13.1 Å². The lowest BCUT2D eigenvalue weighted by Gasteiger charge is -2.40. The van der Waals surface area contributed by atoms with Gasteiger partial charge in [0.05, 0.1) is 0 Å². The normalized spacial score (nSPS) is 14.8. The minimum absolute atomic E-state index is 0.237. The van der Waals surface area contributed by atoms with Crippen LogP contribution in [0.1, 0.15) is 13.8 Å². The van der Waals surface area contributed by atoms with E-state index in [9.17, 15) is 0 Å². The molecule has 0 heterocycles. The zero-order chi connectivity index (χ0) is 11.3. The van der Waals surface area contributed by atoms with E-state index in [4.69, 9.17) is 0 Å². The average molecular weight is 247 g/mol. The van der Waals surface area contributed by atoms with Crippen molar-refractivity contribution < 1.29 is 0 Å². The zero-order valence-corrected chi connectivity index (χ0v) is 14.0. The molecule has 0 amide bonds. The van der Waals surface area contributed by atoms with Crippen LogP contribution in [0.2, 0.25) is 32.7 Å². The lowest BCUT2D eigenvalue weighted by atomic mass is 10.7. The second-order valence-corrected chi connectivity index (χ2v) is 12.9. The van der Waals surface area contributed by atoms with E-state index in [1.54, 1.807) is 0 Å². The third-order valence-corrected chi connectivity index (χ3v) is 15.2. The molecule has 1 atom stereocenters. The van der Waals surface area contributed by atoms with Gasteiger partial charge in [0, 0.05) is 0 Å². The average Bonchev–Trinajstić information content (AvgIpc) is 2.04. The van der Waals surface area contributed by atoms with E-state index in [1.165, 1.54) is 13.1 Å². The van der Waals surface area contributed by atoms with Gasteiger partial charge in [-0.15, -0.1) is 0 Å². The highest BCUT2D eigenvalue weighted by Gasteiger charge is 2.26. The molecular formula is C9H26N2Si3. The Labute approximate surface area is 95.4 Å². The second kappa shape index (κ2) is 6.95. The first-order valence-electron chi connectivity index (χ1n) is 5.59. The third-order valence-electron chi connectivity index (χ3n) is 2.68. The molecule has 84 valence electrons. The Morgan fingerprint density at radius 1 is 0.929 bits per heavy atom. The van der Waals surface area contributed by atoms with Crippen molar-refractivity contribution in [2.24, 2.45) is 0 Å². The number of nitrogens with zero attached hydrogens (tertiary/aromatic N) is 2. The second-order valence-electron chi connectivity index (χ2n) is 4.12. The molecule has 1 unspecified atom stereocenters. The van der Waals surface area contributed by atoms with Crippen molar-refractivity contribution in [2.45, 2.75) is 46.6 Å². The fraction of sp³-hybridized carbons (Fsp3) is 1.00. The first kappa shape index (κ1) is 14.6. The lowest BCUT2D eigenvalue weighted by Crippen LogP contribution is -2.59. The van der Waals surface area contributed by atoms with Crippen LogP contribution in [0, 0.1) is 0 Å². The van der Waals surface area contributed by atoms with Crippen molar-refractivity contribution in [1.29, 1.82) is 0 Å². The summed E-state index contributed by atoms with van der Waals surface area (Å²) in [5.41, 5.74) is 0. The van der Waals surface area contributed by atoms with Crippen LogP contribution in [-0.4, -0.2) is 48.6 Å². The van der Waals surface area contributed by atoms with Crippen molar-refractivity contribution in [3.8, 4) is 0 Å². The molecule has 2 nitrogen and oxygen atoms in total. The number of hydrogen-bond donors (Lipinski definition) is 0. The van der Waals surface area contributed by atoms with Gasteiger partial charge in [0.2, 0.25) is 0 Å². The summed E-state index contributed by atoms with van der Waals surface area (Å²) in [7, 11) is -1.27. The predicted octanol–water partition coefficient (Wildman–Crippen LogP) is 1.98. The highest BCUT2D eigenvalue weighted by molar-refractivity contribution is 6.84. The highest BCUT2D eigenvalue weighted by atomic mass is 28.4. The van der Waals surface area contributed by atoms with E-state index in [0.717, 1.165) is 0 Å². The standard InChI is InChI=1S/C9H26N2Si3/c1-8-10(9-2)14(7)11(12(3)4)13(5)6/h14H,8-9H2,1-7H3. The maximum absolute atomic E-state index is 2.91. The summed E-state index contributed by atoms with van der Waals surface area (Å²) in [5.74, 6) is 0. The molecule has 0 bridgehead atoms. The van der Waals surface area contributed by atoms with Gasteiger partial charge in [-0.2, -0.15) is 0 Å². The van der Waals surface area contributed by atoms with Gasteiger partial charge in [-0.1, -0.05) is 40.0 Å². The molecule has 2 radical (unpaired) electrons. The fourth-order valence-electron chi connectivity index (χ4n) is 2.11. The fourth-order valence-corrected chi connectivity index (χ4v) is 14.0. The summed E-state index contributed by atoms with van der Waals surface area (Å²) in [5, 5.41) is 0. The lowest BCUT2D eigenvalue weighted by molar-refractivity contribution is 0.463. The van der Waals surface area contributed by atoms with Gasteiger partial charge in [0.1, 0.15) is 17.9 Å². The Bertz CT molecular complexity index is 141. The molecule has 0 aliphatic heterocycles. The first-order chi connectivity index (χ1) is 6.45. The molecule has 0 aromatic heterocycles. The minimum Gasteiger partial charge on any atom is -0.361 e. The monoisotopic (exact) mass is 246 g/mol. The Kier molecular flexibility index (Phi) is 7.23. The van der Waals surface area contributed by atoms with Crippen molar-refractivity contribution in [3.63, 3.8) is 0 Å². The van der Waals surface area contributed by atoms with Crippen LogP contribution in [0.3, 0.4) is 0 Å². The minimum atomic E-state index is -0.791. The van der Waals surface area contributed by atoms with E-state index in [0.29, 0.717) is 0 Å². The molecule has 14 heavy (non-hydrogen) atoms. The Balaban J connectivity index is 4.49. The highest BCUT2D eigenvalue weighted by Crippen LogP contribution is 2.07. The molecule has 0 spiro atoms. The molecule has 0 rings (SSSR count). The van der Waals surface area contributed by atoms with Crippen LogP contribution in [0.5, 0.6) is 0 Å². The van der Waals surface area contributed by atoms with Gasteiger partial charge in [-0.3, -0.25) is 0 Å². The maximum atomic E-state index is 2.91. The zero-order valence-electron chi connectivity index (χ0n) is 10.9. The van der Waals surface area contributed by atoms with Crippen LogP contribution in [0.15, 0.2) is 0 Å². The van der Waals surface area contributed by atoms with Crippen molar-refractivity contribution in [3.05, 3.63) is 0 Å². The molecule has 0 aliphatic carbocycles. The van der Waals surface area contributed by atoms with Crippen LogP contribution in [0.4, 0.5) is 0 Å². The largest absolute Gasteiger partial charge is 0.361 e. The first-order valence-corrected chi connectivity index (χ1v) is 12.7. The Morgan fingerprint density at radius 3 is 1.50 bits per heavy atom. The van der Waals surface area contributed by atoms with E-state index >= 15 is 0 Å². The van der Waals surface area contributed by atoms with Crippen molar-refractivity contribution >= 4 is 27.0 Å². The van der Waals surface area contributed by atoms with Crippen LogP contribution in [-0.2, 0) is 0 Å². The summed E-state index contributed by atoms with van der Waals surface area (Å²) in [6, 6.07) is 0. The Hall–Kier alpha value is 0.571. The predicted molar refractivity (Wildman–Crippen MR) is 72.7 cm³/mol. The van der Waals surface area contributed by atoms with E-state index in [-0.39, 0.29) is 17.9 Å². The summed E-state index contributed by atoms with van der Waals surface area (Å²) in [6.45, 7) is 19.3. The molecule has 0 saturated heterocycles. The smallest absolute Gasteiger partial charge is 0.173 e. The molecule has 0 aromatic rings. The topological polar surface area (TPSA) is 6.48 Å². The number of rotatable bonds is 6. The summed E-state index contributed by atoms with van der Waals surface area (Å²) in [6.07, 6.45) is 0. The van der Waals surface area contributed by atoms with Gasteiger partial charge in [-0.05, 0) is 19.6 Å². The molecule has 0 N–H and O–H groups in total. The molecule has 0 aliphatic rings. The Morgan fingerprint density at radius 2 is 1.29 bits per heavy atom. The summed E-state index contributed by atoms with van der Waals surface area (Å²) >= 11 is 0. The summed E-state index contributed by atoms with van der Waals surface area (Å²) in [4.78, 5) is 0. The molecule has 0 saturated carbocycles. The molecule has 0 aromatic carbocycles. The molecular weight excluding hydrogens is 220 g/mol. The van der Waals surface area contributed by atoms with Crippen molar-refractivity contribution in [1.82, 2.24) is 8.46 Å². The molecule has 5 heteroatoms. The van der Waals surface area contributed by atoms with Gasteiger partial charge in [0.15, 0.2) is 9.12 Å². The molecule has 0 fully saturated rings. The van der Waals surface area contributed by atoms with Gasteiger partial charge in [-0.25, -0.2) is 0 Å². The van der Waals surface area contributed by atoms with E-state index in [2.05, 4.69) is 55.0 Å². The summed E-state index contributed by atoms with van der Waals surface area (Å²) < 4.78 is 5.59. The van der Waals surface area contributed by atoms with E-state index < -0.39 is 9.12 Å². The van der Waals surface area contributed by atoms with Gasteiger partial charge in [0.25, 0.3) is 0 Å². The van der Waals surface area contributed by atoms with Gasteiger partial charge >= 0.3 is 0 Å². The van der Waals surface area contributed by atoms with Gasteiger partial charge < -0.3 is 8.46 Å². The quantitative estimate of drug-likeness (QED) is 0.662. The van der Waals surface area contributed by atoms with Crippen LogP contribution >= 0.6 is 0 Å². The van der Waals surface area contributed by atoms with E-state index in [1.807, 2.05) is 0 Å². The maximum Gasteiger partial charge on any atom is 0.173 e. The SMILES string of the molecule is CCN(CC)[SiH](C)N([Si](C)C)[Si](C)C. The van der Waals surface area contributed by atoms with Crippen LogP contribution in [0.25, 0.3) is 0 Å².